The molecule has 2 rings (SSSR count). The molecule has 2 fully saturated rings. The van der Waals surface area contributed by atoms with Crippen LogP contribution in [0.15, 0.2) is 0 Å². The first-order valence-corrected chi connectivity index (χ1v) is 11.0. The maximum atomic E-state index is 13.7. The number of rotatable bonds is 6. The molecule has 3 unspecified atom stereocenters. The first-order valence-electron chi connectivity index (χ1n) is 9.57. The van der Waals surface area contributed by atoms with Gasteiger partial charge in [0.1, 0.15) is 6.10 Å². The van der Waals surface area contributed by atoms with Crippen LogP contribution in [-0.4, -0.2) is 48.5 Å². The van der Waals surface area contributed by atoms with E-state index >= 15 is 0 Å². The van der Waals surface area contributed by atoms with E-state index in [0.717, 1.165) is 19.3 Å². The van der Waals surface area contributed by atoms with Gasteiger partial charge in [-0.3, -0.25) is 14.1 Å². The Balaban J connectivity index is 2.17. The summed E-state index contributed by atoms with van der Waals surface area (Å²) in [7, 11) is -6.53. The zero-order chi connectivity index (χ0) is 22.7. The maximum absolute atomic E-state index is 13.7. The minimum Gasteiger partial charge on any atom is -0.462 e. The minimum atomic E-state index is -6.53. The lowest BCUT2D eigenvalue weighted by atomic mass is 9.79. The van der Waals surface area contributed by atoms with Crippen LogP contribution in [-0.2, 0) is 29.2 Å². The third-order valence-corrected chi connectivity index (χ3v) is 6.29. The van der Waals surface area contributed by atoms with Gasteiger partial charge in [0.2, 0.25) is 0 Å². The summed E-state index contributed by atoms with van der Waals surface area (Å²) in [4.78, 5) is 24.8. The van der Waals surface area contributed by atoms with E-state index < -0.39 is 51.4 Å². The average molecular weight is 466 g/mol. The van der Waals surface area contributed by atoms with Crippen molar-refractivity contribution in [1.82, 2.24) is 0 Å². The molecule has 2 aliphatic carbocycles. The van der Waals surface area contributed by atoms with Crippen LogP contribution in [0, 0.1) is 11.8 Å². The van der Waals surface area contributed by atoms with Crippen molar-refractivity contribution >= 4 is 22.1 Å². The lowest BCUT2D eigenvalue weighted by Crippen LogP contribution is -2.53. The summed E-state index contributed by atoms with van der Waals surface area (Å²) >= 11 is 0. The first-order chi connectivity index (χ1) is 13.7. The largest absolute Gasteiger partial charge is 0.462 e. The molecule has 0 aliphatic heterocycles. The van der Waals surface area contributed by atoms with E-state index in [1.807, 2.05) is 0 Å². The fraction of sp³-hybridized carbons (Fsp3) is 0.882. The number of carbonyl (C=O) groups is 2. The van der Waals surface area contributed by atoms with Crippen LogP contribution in [0.4, 0.5) is 22.0 Å². The van der Waals surface area contributed by atoms with Crippen molar-refractivity contribution in [2.75, 3.05) is 0 Å². The third kappa shape index (κ3) is 5.80. The summed E-state index contributed by atoms with van der Waals surface area (Å²) in [5, 5.41) is -5.81. The molecule has 3 atom stereocenters. The molecule has 0 radical (unpaired) electrons. The SMILES string of the molecule is O=C(OC1CCCCC1)C1CCCCC1C(=O)OC(C(F)(F)F)C(F)(F)S(=O)(=O)O. The van der Waals surface area contributed by atoms with Crippen LogP contribution in [0.25, 0.3) is 0 Å². The van der Waals surface area contributed by atoms with Crippen LogP contribution in [0.3, 0.4) is 0 Å². The predicted octanol–water partition coefficient (Wildman–Crippen LogP) is 3.62. The number of halogens is 5. The maximum Gasteiger partial charge on any atom is 0.432 e. The Kier molecular flexibility index (Phi) is 7.70. The topological polar surface area (TPSA) is 107 Å². The van der Waals surface area contributed by atoms with Gasteiger partial charge in [-0.2, -0.15) is 30.4 Å². The monoisotopic (exact) mass is 466 g/mol. The molecule has 13 heteroatoms. The van der Waals surface area contributed by atoms with Gasteiger partial charge in [-0.05, 0) is 38.5 Å². The molecular formula is C17H23F5O7S. The zero-order valence-electron chi connectivity index (χ0n) is 15.9. The van der Waals surface area contributed by atoms with Gasteiger partial charge in [-0.15, -0.1) is 0 Å². The molecule has 0 heterocycles. The van der Waals surface area contributed by atoms with Crippen LogP contribution in [0.5, 0.6) is 0 Å². The number of ether oxygens (including phenoxy) is 2. The van der Waals surface area contributed by atoms with Crippen LogP contribution in [0.2, 0.25) is 0 Å². The van der Waals surface area contributed by atoms with Gasteiger partial charge < -0.3 is 9.47 Å². The van der Waals surface area contributed by atoms with Gasteiger partial charge in [0, 0.05) is 0 Å². The number of carbonyl (C=O) groups excluding carboxylic acids is 2. The summed E-state index contributed by atoms with van der Waals surface area (Å²) in [6.45, 7) is 0. The van der Waals surface area contributed by atoms with E-state index in [0.29, 0.717) is 25.7 Å². The van der Waals surface area contributed by atoms with Crippen molar-refractivity contribution < 1.29 is 54.0 Å². The van der Waals surface area contributed by atoms with Gasteiger partial charge in [0.15, 0.2) is 0 Å². The van der Waals surface area contributed by atoms with Crippen molar-refractivity contribution in [3.8, 4) is 0 Å². The highest BCUT2D eigenvalue weighted by Gasteiger charge is 2.66. The third-order valence-electron chi connectivity index (χ3n) is 5.39. The smallest absolute Gasteiger partial charge is 0.432 e. The van der Waals surface area contributed by atoms with Gasteiger partial charge in [-0.1, -0.05) is 19.3 Å². The normalized spacial score (nSPS) is 25.4. The summed E-state index contributed by atoms with van der Waals surface area (Å²) in [6, 6.07) is 0. The minimum absolute atomic E-state index is 0.0939. The Morgan fingerprint density at radius 2 is 1.30 bits per heavy atom. The van der Waals surface area contributed by atoms with Crippen LogP contribution in [0.1, 0.15) is 57.8 Å². The Morgan fingerprint density at radius 3 is 1.77 bits per heavy atom. The molecule has 30 heavy (non-hydrogen) atoms. The summed E-state index contributed by atoms with van der Waals surface area (Å²) in [5.74, 6) is -5.27. The van der Waals surface area contributed by atoms with E-state index in [2.05, 4.69) is 4.74 Å². The molecule has 0 amide bonds. The highest BCUT2D eigenvalue weighted by molar-refractivity contribution is 7.86. The Morgan fingerprint density at radius 1 is 0.833 bits per heavy atom. The molecule has 0 spiro atoms. The molecule has 7 nitrogen and oxygen atoms in total. The second-order valence-electron chi connectivity index (χ2n) is 7.59. The van der Waals surface area contributed by atoms with Crippen molar-refractivity contribution in [2.24, 2.45) is 11.8 Å². The number of esters is 2. The number of hydrogen-bond donors (Lipinski definition) is 1. The van der Waals surface area contributed by atoms with Crippen LogP contribution < -0.4 is 0 Å². The Bertz CT molecular complexity index is 731. The number of alkyl halides is 5. The molecule has 1 N–H and O–H groups in total. The number of hydrogen-bond acceptors (Lipinski definition) is 6. The van der Waals surface area contributed by atoms with Gasteiger partial charge >= 0.3 is 33.5 Å². The Labute approximate surface area is 170 Å². The van der Waals surface area contributed by atoms with Gasteiger partial charge in [-0.25, -0.2) is 0 Å². The highest BCUT2D eigenvalue weighted by atomic mass is 32.2. The molecule has 174 valence electrons. The van der Waals surface area contributed by atoms with E-state index in [1.54, 1.807) is 0 Å². The average Bonchev–Trinajstić information content (AvgIpc) is 2.64. The van der Waals surface area contributed by atoms with Crippen LogP contribution >= 0.6 is 0 Å². The van der Waals surface area contributed by atoms with Crippen molar-refractivity contribution in [3.05, 3.63) is 0 Å². The molecular weight excluding hydrogens is 443 g/mol. The highest BCUT2D eigenvalue weighted by Crippen LogP contribution is 2.40. The molecule has 0 saturated heterocycles. The fourth-order valence-electron chi connectivity index (χ4n) is 3.79. The summed E-state index contributed by atoms with van der Waals surface area (Å²) in [5.41, 5.74) is 0. The van der Waals surface area contributed by atoms with Crippen molar-refractivity contribution in [2.45, 2.75) is 81.4 Å². The quantitative estimate of drug-likeness (QED) is 0.362. The van der Waals surface area contributed by atoms with E-state index in [-0.39, 0.29) is 18.9 Å². The standard InChI is InChI=1S/C17H23F5O7S/c18-16(19,20)15(17(21,22)30(25,26)27)29-14(24)12-9-5-4-8-11(12)13(23)28-10-6-2-1-3-7-10/h10-12,15H,1-9H2,(H,25,26,27). The molecule has 2 aliphatic rings. The molecule has 0 aromatic rings. The molecule has 2 saturated carbocycles. The molecule has 0 aromatic carbocycles. The Hall–Kier alpha value is -1.50. The first kappa shape index (κ1) is 24.8. The fourth-order valence-corrected chi connectivity index (χ4v) is 4.25. The van der Waals surface area contributed by atoms with E-state index in [1.165, 1.54) is 0 Å². The summed E-state index contributed by atoms with van der Waals surface area (Å²) in [6.07, 6.45) is -6.10. The lowest BCUT2D eigenvalue weighted by Gasteiger charge is -2.33. The van der Waals surface area contributed by atoms with E-state index in [9.17, 15) is 40.0 Å². The molecule has 0 aromatic heterocycles. The second kappa shape index (κ2) is 9.33. The van der Waals surface area contributed by atoms with Gasteiger partial charge in [0.05, 0.1) is 11.8 Å². The molecule has 0 bridgehead atoms. The van der Waals surface area contributed by atoms with Crippen molar-refractivity contribution in [1.29, 1.82) is 0 Å². The van der Waals surface area contributed by atoms with Gasteiger partial charge in [0.25, 0.3) is 6.10 Å². The summed E-state index contributed by atoms with van der Waals surface area (Å²) < 4.78 is 106. The predicted molar refractivity (Wildman–Crippen MR) is 90.8 cm³/mol. The second-order valence-corrected chi connectivity index (χ2v) is 9.08. The lowest BCUT2D eigenvalue weighted by molar-refractivity contribution is -0.261. The van der Waals surface area contributed by atoms with E-state index in [4.69, 9.17) is 9.29 Å². The zero-order valence-corrected chi connectivity index (χ0v) is 16.7. The van der Waals surface area contributed by atoms with Crippen molar-refractivity contribution in [3.63, 3.8) is 0 Å².